The topological polar surface area (TPSA) is 46.3 Å². The van der Waals surface area contributed by atoms with Gasteiger partial charge in [-0.25, -0.2) is 0 Å². The van der Waals surface area contributed by atoms with Crippen molar-refractivity contribution in [3.63, 3.8) is 0 Å². The maximum absolute atomic E-state index is 12.4. The predicted octanol–water partition coefficient (Wildman–Crippen LogP) is 2.26. The van der Waals surface area contributed by atoms with Crippen LogP contribution in [0.1, 0.15) is 34.5 Å². The molecule has 1 amide bonds. The number of nitrogens with zero attached hydrogens (tertiary/aromatic N) is 1. The summed E-state index contributed by atoms with van der Waals surface area (Å²) in [5.41, 5.74) is 6.85. The quantitative estimate of drug-likeness (QED) is 0.897. The molecule has 1 aliphatic rings. The highest BCUT2D eigenvalue weighted by molar-refractivity contribution is 7.12. The number of rotatable bonds is 3. The Labute approximate surface area is 107 Å². The normalized spacial score (nSPS) is 23.9. The first kappa shape index (κ1) is 12.6. The third kappa shape index (κ3) is 2.38. The van der Waals surface area contributed by atoms with Crippen molar-refractivity contribution in [3.05, 3.63) is 21.9 Å². The summed E-state index contributed by atoms with van der Waals surface area (Å²) in [5, 5.41) is 1.98. The molecule has 0 bridgehead atoms. The number of carbonyl (C=O) groups excluding carboxylic acids is 1. The molecule has 1 aliphatic carbocycles. The maximum atomic E-state index is 12.4. The Kier molecular flexibility index (Phi) is 3.84. The van der Waals surface area contributed by atoms with Crippen molar-refractivity contribution >= 4 is 17.2 Å². The summed E-state index contributed by atoms with van der Waals surface area (Å²) in [6.45, 7) is 2.68. The van der Waals surface area contributed by atoms with Crippen LogP contribution in [0.5, 0.6) is 0 Å². The van der Waals surface area contributed by atoms with Gasteiger partial charge in [-0.2, -0.15) is 0 Å². The number of amides is 1. The molecule has 2 unspecified atom stereocenters. The summed E-state index contributed by atoms with van der Waals surface area (Å²) < 4.78 is 0. The number of carbonyl (C=O) groups is 1. The molecule has 1 aromatic rings. The minimum Gasteiger partial charge on any atom is -0.338 e. The molecule has 2 atom stereocenters. The summed E-state index contributed by atoms with van der Waals surface area (Å²) >= 11 is 1.53. The van der Waals surface area contributed by atoms with Crippen molar-refractivity contribution < 1.29 is 4.79 Å². The molecule has 1 heterocycles. The second kappa shape index (κ2) is 5.19. The lowest BCUT2D eigenvalue weighted by Gasteiger charge is -2.29. The van der Waals surface area contributed by atoms with Gasteiger partial charge < -0.3 is 10.6 Å². The molecule has 0 spiro atoms. The molecular weight excluding hydrogens is 232 g/mol. The Hall–Kier alpha value is -0.870. The van der Waals surface area contributed by atoms with Gasteiger partial charge in [0.2, 0.25) is 0 Å². The van der Waals surface area contributed by atoms with Crippen LogP contribution in [0.2, 0.25) is 0 Å². The van der Waals surface area contributed by atoms with E-state index in [0.717, 1.165) is 23.3 Å². The molecule has 2 N–H and O–H groups in total. The SMILES string of the molecule is Cc1ccsc1C(=O)N(C)C1CCCC1CN. The summed E-state index contributed by atoms with van der Waals surface area (Å²) in [6, 6.07) is 2.33. The second-order valence-corrected chi connectivity index (χ2v) is 5.76. The van der Waals surface area contributed by atoms with Crippen LogP contribution in [0.25, 0.3) is 0 Å². The third-order valence-electron chi connectivity index (χ3n) is 3.80. The van der Waals surface area contributed by atoms with E-state index in [1.165, 1.54) is 17.8 Å². The summed E-state index contributed by atoms with van der Waals surface area (Å²) in [4.78, 5) is 15.1. The molecule has 0 saturated heterocycles. The number of thiophene rings is 1. The number of hydrogen-bond acceptors (Lipinski definition) is 3. The zero-order chi connectivity index (χ0) is 12.4. The first-order valence-electron chi connectivity index (χ1n) is 6.16. The minimum absolute atomic E-state index is 0.155. The molecule has 17 heavy (non-hydrogen) atoms. The van der Waals surface area contributed by atoms with Crippen molar-refractivity contribution in [2.45, 2.75) is 32.2 Å². The summed E-state index contributed by atoms with van der Waals surface area (Å²) in [6.07, 6.45) is 3.43. The molecular formula is C13H20N2OS. The standard InChI is InChI=1S/C13H20N2OS/c1-9-6-7-17-12(9)13(16)15(2)11-5-3-4-10(11)8-14/h6-7,10-11H,3-5,8,14H2,1-2H3. The minimum atomic E-state index is 0.155. The van der Waals surface area contributed by atoms with Crippen LogP contribution in [0.15, 0.2) is 11.4 Å². The Morgan fingerprint density at radius 3 is 2.94 bits per heavy atom. The Balaban J connectivity index is 2.12. The van der Waals surface area contributed by atoms with Crippen LogP contribution < -0.4 is 5.73 Å². The van der Waals surface area contributed by atoms with E-state index in [4.69, 9.17) is 5.73 Å². The van der Waals surface area contributed by atoms with E-state index in [0.29, 0.717) is 18.5 Å². The molecule has 2 rings (SSSR count). The molecule has 3 nitrogen and oxygen atoms in total. The lowest BCUT2D eigenvalue weighted by Crippen LogP contribution is -2.41. The van der Waals surface area contributed by atoms with Gasteiger partial charge in [0.25, 0.3) is 5.91 Å². The Morgan fingerprint density at radius 1 is 1.59 bits per heavy atom. The van der Waals surface area contributed by atoms with Crippen molar-refractivity contribution in [3.8, 4) is 0 Å². The number of nitrogens with two attached hydrogens (primary N) is 1. The van der Waals surface area contributed by atoms with Gasteiger partial charge in [0.05, 0.1) is 4.88 Å². The van der Waals surface area contributed by atoms with Crippen LogP contribution in [-0.4, -0.2) is 30.4 Å². The first-order chi connectivity index (χ1) is 8.15. The molecule has 4 heteroatoms. The molecule has 1 saturated carbocycles. The lowest BCUT2D eigenvalue weighted by molar-refractivity contribution is 0.0704. The van der Waals surface area contributed by atoms with E-state index < -0.39 is 0 Å². The smallest absolute Gasteiger partial charge is 0.264 e. The average molecular weight is 252 g/mol. The molecule has 0 aromatic carbocycles. The van der Waals surface area contributed by atoms with Gasteiger partial charge >= 0.3 is 0 Å². The summed E-state index contributed by atoms with van der Waals surface area (Å²) in [7, 11) is 1.92. The first-order valence-corrected chi connectivity index (χ1v) is 7.04. The Morgan fingerprint density at radius 2 is 2.35 bits per heavy atom. The third-order valence-corrected chi connectivity index (χ3v) is 4.80. The second-order valence-electron chi connectivity index (χ2n) is 4.84. The Bertz CT molecular complexity index is 402. The molecule has 1 fully saturated rings. The molecule has 0 radical (unpaired) electrons. The lowest BCUT2D eigenvalue weighted by atomic mass is 10.0. The number of hydrogen-bond donors (Lipinski definition) is 1. The molecule has 94 valence electrons. The zero-order valence-electron chi connectivity index (χ0n) is 10.5. The highest BCUT2D eigenvalue weighted by Gasteiger charge is 2.32. The van der Waals surface area contributed by atoms with Crippen molar-refractivity contribution in [1.29, 1.82) is 0 Å². The van der Waals surface area contributed by atoms with Gasteiger partial charge in [-0.15, -0.1) is 11.3 Å². The fourth-order valence-corrected chi connectivity index (χ4v) is 3.61. The molecule has 1 aromatic heterocycles. The van der Waals surface area contributed by atoms with Gasteiger partial charge in [-0.1, -0.05) is 6.42 Å². The van der Waals surface area contributed by atoms with Gasteiger partial charge in [-0.05, 0) is 49.2 Å². The fraction of sp³-hybridized carbons (Fsp3) is 0.615. The van der Waals surface area contributed by atoms with Crippen molar-refractivity contribution in [2.75, 3.05) is 13.6 Å². The average Bonchev–Trinajstić information content (AvgIpc) is 2.95. The van der Waals surface area contributed by atoms with Crippen LogP contribution in [0.4, 0.5) is 0 Å². The van der Waals surface area contributed by atoms with E-state index in [1.807, 2.05) is 30.3 Å². The largest absolute Gasteiger partial charge is 0.338 e. The van der Waals surface area contributed by atoms with E-state index in [2.05, 4.69) is 0 Å². The van der Waals surface area contributed by atoms with E-state index in [-0.39, 0.29) is 5.91 Å². The summed E-state index contributed by atoms with van der Waals surface area (Å²) in [5.74, 6) is 0.632. The highest BCUT2D eigenvalue weighted by atomic mass is 32.1. The van der Waals surface area contributed by atoms with Crippen LogP contribution in [-0.2, 0) is 0 Å². The van der Waals surface area contributed by atoms with Crippen LogP contribution >= 0.6 is 11.3 Å². The van der Waals surface area contributed by atoms with Gasteiger partial charge in [0.15, 0.2) is 0 Å². The van der Waals surface area contributed by atoms with Gasteiger partial charge in [-0.3, -0.25) is 4.79 Å². The van der Waals surface area contributed by atoms with Gasteiger partial charge in [0.1, 0.15) is 0 Å². The predicted molar refractivity (Wildman–Crippen MR) is 71.3 cm³/mol. The van der Waals surface area contributed by atoms with E-state index >= 15 is 0 Å². The monoisotopic (exact) mass is 252 g/mol. The van der Waals surface area contributed by atoms with Crippen molar-refractivity contribution in [2.24, 2.45) is 11.7 Å². The van der Waals surface area contributed by atoms with Crippen LogP contribution in [0.3, 0.4) is 0 Å². The van der Waals surface area contributed by atoms with Crippen molar-refractivity contribution in [1.82, 2.24) is 4.90 Å². The highest BCUT2D eigenvalue weighted by Crippen LogP contribution is 2.30. The van der Waals surface area contributed by atoms with E-state index in [9.17, 15) is 4.79 Å². The van der Waals surface area contributed by atoms with Crippen LogP contribution in [0, 0.1) is 12.8 Å². The maximum Gasteiger partial charge on any atom is 0.264 e. The van der Waals surface area contributed by atoms with Gasteiger partial charge in [0, 0.05) is 13.1 Å². The van der Waals surface area contributed by atoms with E-state index in [1.54, 1.807) is 0 Å². The molecule has 0 aliphatic heterocycles. The fourth-order valence-electron chi connectivity index (χ4n) is 2.70. The zero-order valence-corrected chi connectivity index (χ0v) is 11.3. The number of aryl methyl sites for hydroxylation is 1.